The molecule has 5 N–H and O–H groups in total. The Morgan fingerprint density at radius 3 is 1.19 bits per heavy atom. The first kappa shape index (κ1) is 47.8. The maximum absolute atomic E-state index is 13.4. The van der Waals surface area contributed by atoms with Gasteiger partial charge in [0.15, 0.2) is 0 Å². The van der Waals surface area contributed by atoms with Gasteiger partial charge in [0.25, 0.3) is 5.69 Å². The van der Waals surface area contributed by atoms with Gasteiger partial charge in [-0.15, -0.1) is 0 Å². The fourth-order valence-corrected chi connectivity index (χ4v) is 13.2. The number of nitrogens with one attached hydrogen (secondary N) is 1. The molecule has 0 amide bonds. The average Bonchev–Trinajstić information content (AvgIpc) is 3.17. The van der Waals surface area contributed by atoms with Gasteiger partial charge in [0.2, 0.25) is 0 Å². The van der Waals surface area contributed by atoms with Gasteiger partial charge in [-0.25, -0.2) is 15.3 Å². The van der Waals surface area contributed by atoms with E-state index in [4.69, 9.17) is 10.5 Å². The number of nitro benzene ring substituents is 1. The minimum Gasteiger partial charge on any atom is -0.763 e. The second-order valence-electron chi connectivity index (χ2n) is 11.0. The van der Waals surface area contributed by atoms with Crippen LogP contribution in [0, 0.1) is 21.1 Å². The zero-order chi connectivity index (χ0) is 36.7. The highest BCUT2D eigenvalue weighted by atomic mass is 31.2. The molecule has 52 heavy (non-hydrogen) atoms. The lowest BCUT2D eigenvalue weighted by Gasteiger charge is -2.25. The molecule has 4 aromatic carbocycles. The maximum atomic E-state index is 13.4. The summed E-state index contributed by atoms with van der Waals surface area (Å²) >= 11 is 0. The van der Waals surface area contributed by atoms with E-state index in [1.54, 1.807) is 24.3 Å². The van der Waals surface area contributed by atoms with E-state index in [9.17, 15) is 14.5 Å². The van der Waals surface area contributed by atoms with Crippen molar-refractivity contribution in [2.45, 2.75) is 27.7 Å². The van der Waals surface area contributed by atoms with Crippen molar-refractivity contribution in [1.82, 2.24) is 11.8 Å². The van der Waals surface area contributed by atoms with Crippen molar-refractivity contribution in [3.8, 4) is 0 Å². The van der Waals surface area contributed by atoms with Crippen LogP contribution in [0.5, 0.6) is 0 Å². The molecule has 4 rings (SSSR count). The average molecular weight is 753 g/mol. The van der Waals surface area contributed by atoms with Gasteiger partial charge < -0.3 is 11.4 Å². The third-order valence-corrected chi connectivity index (χ3v) is 16.5. The molecule has 0 fully saturated rings. The van der Waals surface area contributed by atoms with Crippen LogP contribution in [0.4, 0.5) is 14.8 Å². The van der Waals surface area contributed by atoms with Gasteiger partial charge in [-0.05, 0) is 88.4 Å². The highest BCUT2D eigenvalue weighted by Crippen LogP contribution is 2.57. The Morgan fingerprint density at radius 1 is 0.635 bits per heavy atom. The Hall–Kier alpha value is -4.24. The summed E-state index contributed by atoms with van der Waals surface area (Å²) in [5.74, 6) is -0.174. The third kappa shape index (κ3) is 14.1. The van der Waals surface area contributed by atoms with Crippen LogP contribution in [0.25, 0.3) is 0 Å². The van der Waals surface area contributed by atoms with E-state index >= 15 is 0 Å². The highest BCUT2D eigenvalue weighted by Gasteiger charge is 2.41. The lowest BCUT2D eigenvalue weighted by molar-refractivity contribution is -0.384. The van der Waals surface area contributed by atoms with Gasteiger partial charge in [-0.2, -0.15) is 4.99 Å². The Bertz CT molecular complexity index is 1630. The molecule has 0 heterocycles. The normalized spacial score (nSPS) is 11.4. The molecule has 0 aliphatic heterocycles. The number of rotatable bonds is 14. The summed E-state index contributed by atoms with van der Waals surface area (Å²) in [7, 11) is -3.27. The van der Waals surface area contributed by atoms with Crippen LogP contribution < -0.4 is 33.0 Å². The van der Waals surface area contributed by atoms with Gasteiger partial charge in [0.05, 0.1) is 54.7 Å². The first-order chi connectivity index (χ1) is 24.3. The molecule has 0 unspecified atom stereocenters. The molecule has 8 nitrogen and oxygen atoms in total. The van der Waals surface area contributed by atoms with Crippen LogP contribution in [0.2, 0.25) is 0 Å². The topological polar surface area (TPSA) is 143 Å². The summed E-state index contributed by atoms with van der Waals surface area (Å²) in [4.78, 5) is 13.4. The molecule has 0 bridgehead atoms. The van der Waals surface area contributed by atoms with Crippen LogP contribution in [0.1, 0.15) is 27.7 Å². The number of halogens is 2. The van der Waals surface area contributed by atoms with Crippen molar-refractivity contribution in [3.05, 3.63) is 179 Å². The van der Waals surface area contributed by atoms with Crippen LogP contribution in [0.15, 0.2) is 158 Å². The van der Waals surface area contributed by atoms with Crippen molar-refractivity contribution < 1.29 is 24.3 Å². The number of allylic oxidation sites excluding steroid dienone is 8. The Kier molecular flexibility index (Phi) is 24.4. The number of nitro groups is 1. The van der Waals surface area contributed by atoms with Crippen molar-refractivity contribution >= 4 is 41.4 Å². The van der Waals surface area contributed by atoms with E-state index < -0.39 is 14.5 Å². The minimum absolute atomic E-state index is 0. The van der Waals surface area contributed by atoms with E-state index in [1.807, 2.05) is 50.2 Å². The fraction of sp³-hybridized carbons (Fsp3) is 0.200. The SMILES string of the molecule is C/C=C\C[P+](C/C=C\C)(c1ccccc1)c1ccc([18F])cc1.C/C=C\C[P+](C/C=C\C)(c1ccccc1)c1ccc([N+](=O)[O-])cc1.N.[18FH].[O-]NOO. The standard InChI is InChI=1S/C20H23FP.C20H23NO2P.FH.H2NO3.H3N/c1-3-5-16-22(17-6-4-2,19-10-8-7-9-11-19)20-14-12-18(21)13-15-20;1-3-5-16-24(17-6-4-2,19-10-8-7-9-11-19)20-14-12-18(13-15-20)21(22)23;;2-1-4-3;/h3-15H,16-17H2,1-2H3;3-15H,16-17H2,1-2H3;1H;1,3H;1H3/q2*+1;;-1;/b2*5-3-,6-4-;;;/i21-1;;1-1;;. The smallest absolute Gasteiger partial charge is 0.269 e. The fourth-order valence-electron chi connectivity index (χ4n) is 5.44. The largest absolute Gasteiger partial charge is 0.763 e. The molecule has 0 saturated carbocycles. The van der Waals surface area contributed by atoms with Gasteiger partial charge in [0, 0.05) is 12.1 Å². The van der Waals surface area contributed by atoms with E-state index in [1.165, 1.54) is 21.2 Å². The van der Waals surface area contributed by atoms with Crippen molar-refractivity contribution in [2.75, 3.05) is 24.6 Å². The second-order valence-corrected chi connectivity index (χ2v) is 18.4. The molecule has 0 radical (unpaired) electrons. The molecule has 12 heteroatoms. The third-order valence-electron chi connectivity index (χ3n) is 8.02. The highest BCUT2D eigenvalue weighted by molar-refractivity contribution is 7.90. The molecule has 0 aromatic heterocycles. The molecular formula is C40H52F2N3O5P2+. The maximum Gasteiger partial charge on any atom is 0.269 e. The van der Waals surface area contributed by atoms with Crippen molar-refractivity contribution in [2.24, 2.45) is 0 Å². The first-order valence-electron chi connectivity index (χ1n) is 16.3. The summed E-state index contributed by atoms with van der Waals surface area (Å²) in [5, 5.41) is 31.7. The van der Waals surface area contributed by atoms with Gasteiger partial charge in [0.1, 0.15) is 16.4 Å². The lowest BCUT2D eigenvalue weighted by Crippen LogP contribution is -2.26. The quantitative estimate of drug-likeness (QED) is 0.0383. The lowest BCUT2D eigenvalue weighted by atomic mass is 10.3. The molecule has 0 aliphatic carbocycles. The zero-order valence-electron chi connectivity index (χ0n) is 30.3. The van der Waals surface area contributed by atoms with Gasteiger partial charge >= 0.3 is 0 Å². The second kappa shape index (κ2) is 26.5. The number of hydrogen-bond donors (Lipinski definition) is 3. The predicted octanol–water partition coefficient (Wildman–Crippen LogP) is 9.45. The Morgan fingerprint density at radius 2 is 0.923 bits per heavy atom. The van der Waals surface area contributed by atoms with Crippen LogP contribution in [0.3, 0.4) is 0 Å². The van der Waals surface area contributed by atoms with E-state index in [-0.39, 0.29) is 27.3 Å². The molecule has 4 aromatic rings. The Labute approximate surface area is 308 Å². The summed E-state index contributed by atoms with van der Waals surface area (Å²) < 4.78 is 13.4. The summed E-state index contributed by atoms with van der Waals surface area (Å²) in [5.41, 5.74) is 0.877. The number of nitrogens with zero attached hydrogens (tertiary/aromatic N) is 1. The summed E-state index contributed by atoms with van der Waals surface area (Å²) in [6, 6.07) is 35.4. The molecule has 0 spiro atoms. The summed E-state index contributed by atoms with van der Waals surface area (Å²) in [6.07, 6.45) is 21.2. The Balaban J connectivity index is 0.000000878. The monoisotopic (exact) mass is 752 g/mol. The van der Waals surface area contributed by atoms with E-state index in [0.717, 1.165) is 30.3 Å². The number of hydrogen-bond acceptors (Lipinski definition) is 7. The van der Waals surface area contributed by atoms with Gasteiger partial charge in [-0.1, -0.05) is 85.0 Å². The molecule has 280 valence electrons. The number of benzene rings is 4. The molecule has 0 atom stereocenters. The predicted molar refractivity (Wildman–Crippen MR) is 221 cm³/mol. The molecular weight excluding hydrogens is 700 g/mol. The van der Waals surface area contributed by atoms with Crippen molar-refractivity contribution in [3.63, 3.8) is 0 Å². The molecule has 0 aliphatic rings. The minimum atomic E-state index is -1.68. The van der Waals surface area contributed by atoms with Crippen molar-refractivity contribution in [1.29, 1.82) is 0 Å². The van der Waals surface area contributed by atoms with Crippen LogP contribution in [-0.2, 0) is 4.99 Å². The first-order valence-corrected chi connectivity index (χ1v) is 20.6. The van der Waals surface area contributed by atoms with Crippen LogP contribution in [-0.4, -0.2) is 34.8 Å². The van der Waals surface area contributed by atoms with E-state index in [0.29, 0.717) is 0 Å². The number of non-ortho nitro benzene ring substituents is 1. The molecule has 0 saturated heterocycles. The van der Waals surface area contributed by atoms with E-state index in [2.05, 4.69) is 116 Å². The van der Waals surface area contributed by atoms with Gasteiger partial charge in [-0.3, -0.25) is 14.8 Å². The zero-order valence-corrected chi connectivity index (χ0v) is 32.0. The van der Waals surface area contributed by atoms with Crippen LogP contribution >= 0.6 is 14.5 Å². The summed E-state index contributed by atoms with van der Waals surface area (Å²) in [6.45, 7) is 8.18.